The standard InChI is InChI=1S/C13H15FN6S/c1-6-3-7(2)19-20-12(6)17-18-13(20)21-11-5-10(16)9(15)4-8(11)14/h4-6H,3,15-16H2,1-2H3. The van der Waals surface area contributed by atoms with Crippen LogP contribution in [0.3, 0.4) is 0 Å². The van der Waals surface area contributed by atoms with Crippen LogP contribution in [0.4, 0.5) is 15.8 Å². The zero-order valence-electron chi connectivity index (χ0n) is 11.7. The Bertz CT molecular complexity index is 739. The number of nitrogens with zero attached hydrogens (tertiary/aromatic N) is 4. The first-order chi connectivity index (χ1) is 9.95. The number of aromatic nitrogens is 3. The molecule has 2 aromatic rings. The number of anilines is 2. The van der Waals surface area contributed by atoms with Crippen LogP contribution in [0.2, 0.25) is 0 Å². The molecular weight excluding hydrogens is 291 g/mol. The Hall–Kier alpha value is -2.09. The van der Waals surface area contributed by atoms with Crippen LogP contribution in [0.5, 0.6) is 0 Å². The Morgan fingerprint density at radius 2 is 2.00 bits per heavy atom. The van der Waals surface area contributed by atoms with Crippen molar-refractivity contribution < 1.29 is 4.39 Å². The fourth-order valence-electron chi connectivity index (χ4n) is 2.25. The summed E-state index contributed by atoms with van der Waals surface area (Å²) in [5.41, 5.74) is 12.9. The van der Waals surface area contributed by atoms with Gasteiger partial charge in [0.05, 0.1) is 16.3 Å². The minimum Gasteiger partial charge on any atom is -0.397 e. The maximum absolute atomic E-state index is 14.0. The van der Waals surface area contributed by atoms with Gasteiger partial charge in [-0.15, -0.1) is 10.2 Å². The van der Waals surface area contributed by atoms with Gasteiger partial charge in [0.2, 0.25) is 5.16 Å². The normalized spacial score (nSPS) is 17.5. The third-order valence-electron chi connectivity index (χ3n) is 3.29. The lowest BCUT2D eigenvalue weighted by molar-refractivity contribution is 0.598. The van der Waals surface area contributed by atoms with E-state index in [1.165, 1.54) is 12.1 Å². The second kappa shape index (κ2) is 5.03. The summed E-state index contributed by atoms with van der Waals surface area (Å²) < 4.78 is 15.6. The molecule has 6 nitrogen and oxygen atoms in total. The molecule has 2 heterocycles. The van der Waals surface area contributed by atoms with Crippen molar-refractivity contribution in [1.82, 2.24) is 14.9 Å². The lowest BCUT2D eigenvalue weighted by Crippen LogP contribution is -2.14. The predicted octanol–water partition coefficient (Wildman–Crippen LogP) is 2.46. The van der Waals surface area contributed by atoms with Gasteiger partial charge in [0.15, 0.2) is 5.82 Å². The third kappa shape index (κ3) is 2.46. The van der Waals surface area contributed by atoms with Gasteiger partial charge in [-0.3, -0.25) is 0 Å². The smallest absolute Gasteiger partial charge is 0.216 e. The van der Waals surface area contributed by atoms with Gasteiger partial charge in [-0.05, 0) is 31.2 Å². The summed E-state index contributed by atoms with van der Waals surface area (Å²) >= 11 is 1.13. The lowest BCUT2D eigenvalue weighted by Gasteiger charge is -2.17. The first-order valence-electron chi connectivity index (χ1n) is 6.48. The molecule has 1 aliphatic rings. The molecule has 0 saturated heterocycles. The van der Waals surface area contributed by atoms with E-state index < -0.39 is 5.82 Å². The van der Waals surface area contributed by atoms with Gasteiger partial charge in [-0.1, -0.05) is 6.92 Å². The fraction of sp³-hybridized carbons (Fsp3) is 0.308. The summed E-state index contributed by atoms with van der Waals surface area (Å²) in [5.74, 6) is 0.589. The molecule has 0 radical (unpaired) electrons. The van der Waals surface area contributed by atoms with Crippen LogP contribution in [-0.2, 0) is 0 Å². The Morgan fingerprint density at radius 3 is 2.76 bits per heavy atom. The van der Waals surface area contributed by atoms with Crippen molar-refractivity contribution in [2.45, 2.75) is 36.2 Å². The molecule has 1 aliphatic heterocycles. The van der Waals surface area contributed by atoms with Gasteiger partial charge in [0.25, 0.3) is 0 Å². The number of fused-ring (bicyclic) bond motifs is 1. The van der Waals surface area contributed by atoms with Crippen LogP contribution in [0.25, 0.3) is 0 Å². The first kappa shape index (κ1) is 13.9. The highest BCUT2D eigenvalue weighted by atomic mass is 32.2. The summed E-state index contributed by atoms with van der Waals surface area (Å²) in [6.45, 7) is 4.02. The monoisotopic (exact) mass is 306 g/mol. The van der Waals surface area contributed by atoms with E-state index in [9.17, 15) is 4.39 Å². The largest absolute Gasteiger partial charge is 0.397 e. The SMILES string of the molecule is CC1=Nn2c(Sc3cc(N)c(N)cc3F)nnc2C(C)C1. The van der Waals surface area contributed by atoms with E-state index in [-0.39, 0.29) is 11.6 Å². The molecule has 3 rings (SSSR count). The second-order valence-electron chi connectivity index (χ2n) is 5.11. The van der Waals surface area contributed by atoms with Crippen LogP contribution >= 0.6 is 11.8 Å². The highest BCUT2D eigenvalue weighted by Gasteiger charge is 2.24. The number of benzene rings is 1. The highest BCUT2D eigenvalue weighted by molar-refractivity contribution is 7.99. The summed E-state index contributed by atoms with van der Waals surface area (Å²) in [6, 6.07) is 2.71. The maximum atomic E-state index is 14.0. The van der Waals surface area contributed by atoms with E-state index in [4.69, 9.17) is 11.5 Å². The Labute approximate surface area is 125 Å². The van der Waals surface area contributed by atoms with Gasteiger partial charge < -0.3 is 11.5 Å². The molecule has 4 N–H and O–H groups in total. The summed E-state index contributed by atoms with van der Waals surface area (Å²) in [7, 11) is 0. The molecule has 0 amide bonds. The van der Waals surface area contributed by atoms with Gasteiger partial charge in [-0.25, -0.2) is 4.39 Å². The fourth-order valence-corrected chi connectivity index (χ4v) is 3.09. The maximum Gasteiger partial charge on any atom is 0.216 e. The summed E-state index contributed by atoms with van der Waals surface area (Å²) in [5, 5.41) is 13.2. The zero-order valence-corrected chi connectivity index (χ0v) is 12.5. The molecule has 0 bridgehead atoms. The number of hydrogen-bond acceptors (Lipinski definition) is 6. The van der Waals surface area contributed by atoms with Crippen LogP contribution in [0.15, 0.2) is 27.3 Å². The topological polar surface area (TPSA) is 95.1 Å². The molecule has 1 unspecified atom stereocenters. The Kier molecular flexibility index (Phi) is 3.32. The van der Waals surface area contributed by atoms with E-state index >= 15 is 0 Å². The summed E-state index contributed by atoms with van der Waals surface area (Å²) in [4.78, 5) is 0.350. The van der Waals surface area contributed by atoms with Gasteiger partial charge in [-0.2, -0.15) is 9.78 Å². The van der Waals surface area contributed by atoms with Crippen molar-refractivity contribution in [3.8, 4) is 0 Å². The van der Waals surface area contributed by atoms with Gasteiger partial charge in [0, 0.05) is 17.7 Å². The predicted molar refractivity (Wildman–Crippen MR) is 80.9 cm³/mol. The quantitative estimate of drug-likeness (QED) is 0.831. The number of halogens is 1. The minimum absolute atomic E-state index is 0.225. The van der Waals surface area contributed by atoms with Crippen molar-refractivity contribution >= 4 is 28.8 Å². The number of hydrogen-bond donors (Lipinski definition) is 2. The van der Waals surface area contributed by atoms with Crippen LogP contribution in [0, 0.1) is 5.82 Å². The van der Waals surface area contributed by atoms with Crippen molar-refractivity contribution in [2.75, 3.05) is 11.5 Å². The van der Waals surface area contributed by atoms with Crippen molar-refractivity contribution in [3.63, 3.8) is 0 Å². The molecular formula is C13H15FN6S. The summed E-state index contributed by atoms with van der Waals surface area (Å²) in [6.07, 6.45) is 0.853. The molecule has 0 fully saturated rings. The van der Waals surface area contributed by atoms with E-state index in [2.05, 4.69) is 22.2 Å². The average molecular weight is 306 g/mol. The zero-order chi connectivity index (χ0) is 15.1. The molecule has 0 spiro atoms. The molecule has 0 saturated carbocycles. The van der Waals surface area contributed by atoms with E-state index in [0.717, 1.165) is 29.7 Å². The van der Waals surface area contributed by atoms with Crippen molar-refractivity contribution in [2.24, 2.45) is 5.10 Å². The molecule has 1 aromatic carbocycles. The Morgan fingerprint density at radius 1 is 1.29 bits per heavy atom. The molecule has 1 aromatic heterocycles. The minimum atomic E-state index is -0.436. The van der Waals surface area contributed by atoms with Gasteiger partial charge >= 0.3 is 0 Å². The van der Waals surface area contributed by atoms with Crippen LogP contribution < -0.4 is 11.5 Å². The van der Waals surface area contributed by atoms with Crippen molar-refractivity contribution in [3.05, 3.63) is 23.8 Å². The van der Waals surface area contributed by atoms with E-state index in [0.29, 0.717) is 15.7 Å². The molecule has 110 valence electrons. The van der Waals surface area contributed by atoms with Crippen molar-refractivity contribution in [1.29, 1.82) is 0 Å². The first-order valence-corrected chi connectivity index (χ1v) is 7.29. The average Bonchev–Trinajstić information content (AvgIpc) is 2.79. The number of nitrogen functional groups attached to an aromatic ring is 2. The van der Waals surface area contributed by atoms with Crippen LogP contribution in [0.1, 0.15) is 32.0 Å². The molecule has 1 atom stereocenters. The van der Waals surface area contributed by atoms with Gasteiger partial charge in [0.1, 0.15) is 5.82 Å². The third-order valence-corrected chi connectivity index (χ3v) is 4.26. The van der Waals surface area contributed by atoms with E-state index in [1.54, 1.807) is 4.68 Å². The number of rotatable bonds is 2. The lowest BCUT2D eigenvalue weighted by atomic mass is 10.0. The highest BCUT2D eigenvalue weighted by Crippen LogP contribution is 2.35. The second-order valence-corrected chi connectivity index (χ2v) is 6.12. The number of nitrogens with two attached hydrogens (primary N) is 2. The molecule has 0 aliphatic carbocycles. The molecule has 8 heteroatoms. The molecule has 21 heavy (non-hydrogen) atoms. The van der Waals surface area contributed by atoms with Crippen LogP contribution in [-0.4, -0.2) is 20.6 Å². The van der Waals surface area contributed by atoms with E-state index in [1.807, 2.05) is 6.92 Å². The Balaban J connectivity index is 2.00.